The van der Waals surface area contributed by atoms with Crippen molar-refractivity contribution in [3.63, 3.8) is 0 Å². The zero-order chi connectivity index (χ0) is 16.2. The van der Waals surface area contributed by atoms with Crippen molar-refractivity contribution in [3.8, 4) is 16.5 Å². The predicted molar refractivity (Wildman–Crippen MR) is 86.7 cm³/mol. The molecule has 0 atom stereocenters. The molecule has 5 nitrogen and oxygen atoms in total. The number of esters is 1. The first kappa shape index (κ1) is 15.3. The molecule has 0 aliphatic rings. The highest BCUT2D eigenvalue weighted by Crippen LogP contribution is 2.26. The van der Waals surface area contributed by atoms with Gasteiger partial charge in [-0.3, -0.25) is 0 Å². The second-order valence-corrected chi connectivity index (χ2v) is 5.75. The number of carbonyl (C=O) groups is 1. The van der Waals surface area contributed by atoms with Gasteiger partial charge in [-0.25, -0.2) is 9.78 Å². The molecule has 1 aromatic carbocycles. The smallest absolute Gasteiger partial charge is 0.337 e. The first-order valence-electron chi connectivity index (χ1n) is 6.98. The Labute approximate surface area is 137 Å². The second-order valence-electron chi connectivity index (χ2n) is 4.81. The maximum atomic E-state index is 11.5. The second kappa shape index (κ2) is 6.66. The Kier molecular flexibility index (Phi) is 4.43. The van der Waals surface area contributed by atoms with Gasteiger partial charge in [0, 0.05) is 0 Å². The summed E-state index contributed by atoms with van der Waals surface area (Å²) in [4.78, 5) is 17.0. The van der Waals surface area contributed by atoms with E-state index in [1.54, 1.807) is 35.6 Å². The van der Waals surface area contributed by atoms with Crippen molar-refractivity contribution in [1.29, 1.82) is 0 Å². The normalized spacial score (nSPS) is 10.5. The van der Waals surface area contributed by atoms with Crippen LogP contribution in [0.2, 0.25) is 0 Å². The molecule has 3 aromatic rings. The summed E-state index contributed by atoms with van der Waals surface area (Å²) in [7, 11) is 1.35. The van der Waals surface area contributed by atoms with Gasteiger partial charge in [-0.2, -0.15) is 0 Å². The Morgan fingerprint density at radius 1 is 1.30 bits per heavy atom. The number of hydrogen-bond acceptors (Lipinski definition) is 6. The van der Waals surface area contributed by atoms with Crippen LogP contribution < -0.4 is 4.74 Å². The SMILES string of the molecule is COC(=O)c1cccc(OCc2nc(-c3cccs3)oc2C)c1. The molecule has 0 N–H and O–H groups in total. The third kappa shape index (κ3) is 3.43. The molecule has 0 fully saturated rings. The minimum Gasteiger partial charge on any atom is -0.487 e. The lowest BCUT2D eigenvalue weighted by Gasteiger charge is -2.06. The van der Waals surface area contributed by atoms with Gasteiger partial charge in [0.25, 0.3) is 0 Å². The van der Waals surface area contributed by atoms with Crippen molar-refractivity contribution in [3.05, 3.63) is 58.8 Å². The summed E-state index contributed by atoms with van der Waals surface area (Å²) in [6, 6.07) is 10.8. The zero-order valence-electron chi connectivity index (χ0n) is 12.7. The average Bonchev–Trinajstić information content (AvgIpc) is 3.22. The Morgan fingerprint density at radius 3 is 2.91 bits per heavy atom. The van der Waals surface area contributed by atoms with Crippen molar-refractivity contribution in [2.24, 2.45) is 0 Å². The van der Waals surface area contributed by atoms with Gasteiger partial charge < -0.3 is 13.9 Å². The van der Waals surface area contributed by atoms with Crippen molar-refractivity contribution in [1.82, 2.24) is 4.98 Å². The fraction of sp³-hybridized carbons (Fsp3) is 0.176. The molecule has 3 rings (SSSR count). The number of aryl methyl sites for hydroxylation is 1. The van der Waals surface area contributed by atoms with Gasteiger partial charge in [0.15, 0.2) is 0 Å². The third-order valence-corrected chi connectivity index (χ3v) is 4.11. The van der Waals surface area contributed by atoms with Crippen LogP contribution in [0.5, 0.6) is 5.75 Å². The highest BCUT2D eigenvalue weighted by Gasteiger charge is 2.13. The molecular weight excluding hydrogens is 314 g/mol. The molecule has 0 saturated carbocycles. The van der Waals surface area contributed by atoms with E-state index in [2.05, 4.69) is 4.98 Å². The van der Waals surface area contributed by atoms with Crippen LogP contribution >= 0.6 is 11.3 Å². The van der Waals surface area contributed by atoms with Crippen LogP contribution in [0.15, 0.2) is 46.2 Å². The average molecular weight is 329 g/mol. The molecule has 0 radical (unpaired) electrons. The summed E-state index contributed by atoms with van der Waals surface area (Å²) in [5.74, 6) is 1.50. The van der Waals surface area contributed by atoms with Crippen LogP contribution in [0.3, 0.4) is 0 Å². The first-order valence-corrected chi connectivity index (χ1v) is 7.86. The molecule has 0 aliphatic carbocycles. The van der Waals surface area contributed by atoms with E-state index in [4.69, 9.17) is 13.9 Å². The van der Waals surface area contributed by atoms with Gasteiger partial charge in [-0.15, -0.1) is 11.3 Å². The van der Waals surface area contributed by atoms with Gasteiger partial charge in [-0.05, 0) is 36.6 Å². The molecule has 0 saturated heterocycles. The van der Waals surface area contributed by atoms with Crippen LogP contribution in [-0.2, 0) is 11.3 Å². The van der Waals surface area contributed by atoms with Crippen LogP contribution in [0.25, 0.3) is 10.8 Å². The molecule has 6 heteroatoms. The number of carbonyl (C=O) groups excluding carboxylic acids is 1. The Balaban J connectivity index is 1.73. The molecule has 0 bridgehead atoms. The predicted octanol–water partition coefficient (Wildman–Crippen LogP) is 4.08. The van der Waals surface area contributed by atoms with Gasteiger partial charge in [0.05, 0.1) is 17.6 Å². The molecule has 0 spiro atoms. The number of nitrogens with zero attached hydrogens (tertiary/aromatic N) is 1. The minimum absolute atomic E-state index is 0.269. The molecular formula is C17H15NO4S. The molecule has 2 heterocycles. The van der Waals surface area contributed by atoms with Crippen LogP contribution in [0, 0.1) is 6.92 Å². The van der Waals surface area contributed by atoms with E-state index < -0.39 is 5.97 Å². The quantitative estimate of drug-likeness (QED) is 0.660. The molecule has 0 unspecified atom stereocenters. The Bertz CT molecular complexity index is 808. The van der Waals surface area contributed by atoms with Crippen molar-refractivity contribution >= 4 is 17.3 Å². The number of ether oxygens (including phenoxy) is 2. The molecule has 2 aromatic heterocycles. The maximum absolute atomic E-state index is 11.5. The van der Waals surface area contributed by atoms with Gasteiger partial charge in [0.1, 0.15) is 23.8 Å². The van der Waals surface area contributed by atoms with E-state index in [-0.39, 0.29) is 6.61 Å². The number of aromatic nitrogens is 1. The van der Waals surface area contributed by atoms with E-state index in [9.17, 15) is 4.79 Å². The van der Waals surface area contributed by atoms with Crippen molar-refractivity contribution < 1.29 is 18.7 Å². The first-order chi connectivity index (χ1) is 11.2. The fourth-order valence-electron chi connectivity index (χ4n) is 2.05. The van der Waals surface area contributed by atoms with Crippen LogP contribution in [-0.4, -0.2) is 18.1 Å². The van der Waals surface area contributed by atoms with E-state index >= 15 is 0 Å². The van der Waals surface area contributed by atoms with Crippen LogP contribution in [0.4, 0.5) is 0 Å². The lowest BCUT2D eigenvalue weighted by atomic mass is 10.2. The molecule has 23 heavy (non-hydrogen) atoms. The topological polar surface area (TPSA) is 61.6 Å². The largest absolute Gasteiger partial charge is 0.487 e. The lowest BCUT2D eigenvalue weighted by molar-refractivity contribution is 0.0600. The molecule has 0 amide bonds. The summed E-state index contributed by atoms with van der Waals surface area (Å²) in [5.41, 5.74) is 1.18. The van der Waals surface area contributed by atoms with Gasteiger partial charge >= 0.3 is 5.97 Å². The zero-order valence-corrected chi connectivity index (χ0v) is 13.6. The minimum atomic E-state index is -0.395. The highest BCUT2D eigenvalue weighted by atomic mass is 32.1. The van der Waals surface area contributed by atoms with E-state index in [1.807, 2.05) is 24.4 Å². The van der Waals surface area contributed by atoms with Gasteiger partial charge in [0.2, 0.25) is 5.89 Å². The number of oxazole rings is 1. The molecule has 0 aliphatic heterocycles. The van der Waals surface area contributed by atoms with Crippen molar-refractivity contribution in [2.75, 3.05) is 7.11 Å². The van der Waals surface area contributed by atoms with Gasteiger partial charge in [-0.1, -0.05) is 12.1 Å². The number of thiophene rings is 1. The summed E-state index contributed by atoms with van der Waals surface area (Å²) < 4.78 is 16.1. The monoisotopic (exact) mass is 329 g/mol. The molecule has 118 valence electrons. The Morgan fingerprint density at radius 2 is 2.17 bits per heavy atom. The van der Waals surface area contributed by atoms with Crippen LogP contribution in [0.1, 0.15) is 21.8 Å². The Hall–Kier alpha value is -2.60. The number of methoxy groups -OCH3 is 1. The third-order valence-electron chi connectivity index (χ3n) is 3.26. The van der Waals surface area contributed by atoms with E-state index in [0.29, 0.717) is 17.2 Å². The lowest BCUT2D eigenvalue weighted by Crippen LogP contribution is -2.02. The summed E-state index contributed by atoms with van der Waals surface area (Å²) in [6.45, 7) is 2.12. The summed E-state index contributed by atoms with van der Waals surface area (Å²) in [5, 5.41) is 1.98. The standard InChI is InChI=1S/C17H15NO4S/c1-11-14(18-16(22-11)15-7-4-8-23-15)10-21-13-6-3-5-12(9-13)17(19)20-2/h3-9H,10H2,1-2H3. The number of hydrogen-bond donors (Lipinski definition) is 0. The summed E-state index contributed by atoms with van der Waals surface area (Å²) >= 11 is 1.57. The van der Waals surface area contributed by atoms with Crippen molar-refractivity contribution in [2.45, 2.75) is 13.5 Å². The number of benzene rings is 1. The van der Waals surface area contributed by atoms with E-state index in [1.165, 1.54) is 7.11 Å². The van der Waals surface area contributed by atoms with E-state index in [0.717, 1.165) is 16.3 Å². The number of rotatable bonds is 5. The summed E-state index contributed by atoms with van der Waals surface area (Å²) in [6.07, 6.45) is 0. The highest BCUT2D eigenvalue weighted by molar-refractivity contribution is 7.13. The maximum Gasteiger partial charge on any atom is 0.337 e. The fourth-order valence-corrected chi connectivity index (χ4v) is 2.70.